The van der Waals surface area contributed by atoms with Crippen molar-refractivity contribution in [3.8, 4) is 0 Å². The quantitative estimate of drug-likeness (QED) is 0.722. The lowest BCUT2D eigenvalue weighted by Gasteiger charge is -2.10. The maximum atomic E-state index is 13.1. The summed E-state index contributed by atoms with van der Waals surface area (Å²) in [6, 6.07) is 11.0. The van der Waals surface area contributed by atoms with Crippen LogP contribution < -0.4 is 16.0 Å². The Kier molecular flexibility index (Phi) is 6.36. The predicted octanol–water partition coefficient (Wildman–Crippen LogP) is 4.12. The Bertz CT molecular complexity index is 763. The highest BCUT2D eigenvalue weighted by Gasteiger charge is 2.08. The zero-order valence-corrected chi connectivity index (χ0v) is 14.7. The molecule has 5 nitrogen and oxygen atoms in total. The van der Waals surface area contributed by atoms with Gasteiger partial charge in [-0.15, -0.1) is 0 Å². The third-order valence-corrected chi connectivity index (χ3v) is 3.62. The maximum Gasteiger partial charge on any atom is 0.243 e. The minimum Gasteiger partial charge on any atom is -0.376 e. The summed E-state index contributed by atoms with van der Waals surface area (Å²) in [5, 5.41) is 8.34. The predicted molar refractivity (Wildman–Crippen MR) is 98.4 cm³/mol. The molecule has 3 N–H and O–H groups in total. The van der Waals surface area contributed by atoms with E-state index in [9.17, 15) is 14.0 Å². The Morgan fingerprint density at radius 1 is 1.00 bits per heavy atom. The molecule has 0 saturated heterocycles. The second kappa shape index (κ2) is 8.48. The van der Waals surface area contributed by atoms with Crippen LogP contribution in [0.3, 0.4) is 0 Å². The van der Waals surface area contributed by atoms with Crippen LogP contribution in [0.4, 0.5) is 21.5 Å². The fourth-order valence-electron chi connectivity index (χ4n) is 1.92. The normalized spacial score (nSPS) is 10.4. The van der Waals surface area contributed by atoms with Crippen LogP contribution in [0.2, 0.25) is 5.02 Å². The molecule has 0 spiro atoms. The minimum absolute atomic E-state index is 0.00774. The van der Waals surface area contributed by atoms with Crippen LogP contribution in [0.15, 0.2) is 42.5 Å². The number of halogens is 2. The highest BCUT2D eigenvalue weighted by Crippen LogP contribution is 2.19. The van der Waals surface area contributed by atoms with Gasteiger partial charge in [-0.2, -0.15) is 0 Å². The smallest absolute Gasteiger partial charge is 0.243 e. The molecule has 132 valence electrons. The third-order valence-electron chi connectivity index (χ3n) is 3.33. The van der Waals surface area contributed by atoms with Gasteiger partial charge < -0.3 is 16.0 Å². The largest absolute Gasteiger partial charge is 0.376 e. The zero-order valence-electron chi connectivity index (χ0n) is 13.9. The van der Waals surface area contributed by atoms with Crippen molar-refractivity contribution in [2.75, 3.05) is 22.5 Å². The zero-order chi connectivity index (χ0) is 18.4. The average molecular weight is 364 g/mol. The summed E-state index contributed by atoms with van der Waals surface area (Å²) in [5.41, 5.74) is 1.82. The van der Waals surface area contributed by atoms with Gasteiger partial charge in [0.2, 0.25) is 11.8 Å². The summed E-state index contributed by atoms with van der Waals surface area (Å²) in [4.78, 5) is 23.6. The van der Waals surface area contributed by atoms with Gasteiger partial charge in [-0.25, -0.2) is 4.39 Å². The lowest BCUT2D eigenvalue weighted by molar-refractivity contribution is -0.119. The number of anilines is 3. The number of carbonyl (C=O) groups excluding carboxylic acids is 2. The molecule has 0 aromatic heterocycles. The van der Waals surface area contributed by atoms with Gasteiger partial charge in [0.1, 0.15) is 5.82 Å². The van der Waals surface area contributed by atoms with E-state index in [4.69, 9.17) is 11.6 Å². The monoisotopic (exact) mass is 363 g/mol. The highest BCUT2D eigenvalue weighted by molar-refractivity contribution is 6.31. The molecule has 2 amide bonds. The van der Waals surface area contributed by atoms with Gasteiger partial charge in [-0.1, -0.05) is 25.4 Å². The average Bonchev–Trinajstić information content (AvgIpc) is 2.57. The van der Waals surface area contributed by atoms with Gasteiger partial charge in [0.25, 0.3) is 0 Å². The highest BCUT2D eigenvalue weighted by atomic mass is 35.5. The fraction of sp³-hybridized carbons (Fsp3) is 0.222. The van der Waals surface area contributed by atoms with E-state index in [0.717, 1.165) is 0 Å². The molecule has 0 bridgehead atoms. The number of nitrogens with one attached hydrogen (secondary N) is 3. The molecule has 0 saturated carbocycles. The van der Waals surface area contributed by atoms with E-state index in [-0.39, 0.29) is 29.3 Å². The van der Waals surface area contributed by atoms with Crippen LogP contribution in [-0.2, 0) is 9.59 Å². The molecule has 2 aromatic carbocycles. The summed E-state index contributed by atoms with van der Waals surface area (Å²) in [7, 11) is 0. The number of hydrogen-bond acceptors (Lipinski definition) is 3. The number of hydrogen-bond donors (Lipinski definition) is 3. The van der Waals surface area contributed by atoms with Crippen molar-refractivity contribution in [1.29, 1.82) is 0 Å². The minimum atomic E-state index is -0.513. The summed E-state index contributed by atoms with van der Waals surface area (Å²) in [5.74, 6) is -0.954. The molecule has 0 aliphatic heterocycles. The lowest BCUT2D eigenvalue weighted by Crippen LogP contribution is -2.21. The first-order valence-corrected chi connectivity index (χ1v) is 8.12. The van der Waals surface area contributed by atoms with Gasteiger partial charge in [-0.05, 0) is 42.5 Å². The summed E-state index contributed by atoms with van der Waals surface area (Å²) in [6.45, 7) is 3.63. The number of rotatable bonds is 6. The Hall–Kier alpha value is -2.60. The molecule has 2 aromatic rings. The molecule has 0 fully saturated rings. The SMILES string of the molecule is CC(C)C(=O)Nc1ccc(NC(=O)CNc2ccc(F)c(Cl)c2)cc1. The summed E-state index contributed by atoms with van der Waals surface area (Å²) >= 11 is 5.68. The van der Waals surface area contributed by atoms with Gasteiger partial charge in [0, 0.05) is 23.0 Å². The van der Waals surface area contributed by atoms with Crippen molar-refractivity contribution < 1.29 is 14.0 Å². The van der Waals surface area contributed by atoms with E-state index in [0.29, 0.717) is 17.1 Å². The van der Waals surface area contributed by atoms with Crippen LogP contribution in [0.25, 0.3) is 0 Å². The molecule has 0 unspecified atom stereocenters. The standard InChI is InChI=1S/C18H19ClFN3O2/c1-11(2)18(25)23-13-5-3-12(4-6-13)22-17(24)10-21-14-7-8-16(20)15(19)9-14/h3-9,11,21H,10H2,1-2H3,(H,22,24)(H,23,25). The van der Waals surface area contributed by atoms with Crippen LogP contribution in [0.1, 0.15) is 13.8 Å². The Morgan fingerprint density at radius 3 is 2.12 bits per heavy atom. The van der Waals surface area contributed by atoms with Gasteiger partial charge in [-0.3, -0.25) is 9.59 Å². The van der Waals surface area contributed by atoms with E-state index in [1.54, 1.807) is 24.3 Å². The molecule has 7 heteroatoms. The molecule has 2 rings (SSSR count). The van der Waals surface area contributed by atoms with Crippen molar-refractivity contribution >= 4 is 40.5 Å². The topological polar surface area (TPSA) is 70.2 Å². The van der Waals surface area contributed by atoms with Crippen molar-refractivity contribution in [2.24, 2.45) is 5.92 Å². The first kappa shape index (κ1) is 18.7. The molecular weight excluding hydrogens is 345 g/mol. The van der Waals surface area contributed by atoms with Gasteiger partial charge >= 0.3 is 0 Å². The van der Waals surface area contributed by atoms with Gasteiger partial charge in [0.15, 0.2) is 0 Å². The van der Waals surface area contributed by atoms with E-state index in [1.165, 1.54) is 18.2 Å². The van der Waals surface area contributed by atoms with Crippen LogP contribution >= 0.6 is 11.6 Å². The molecule has 0 aliphatic rings. The molecular formula is C18H19ClFN3O2. The van der Waals surface area contributed by atoms with E-state index in [1.807, 2.05) is 13.8 Å². The first-order valence-electron chi connectivity index (χ1n) is 7.75. The van der Waals surface area contributed by atoms with E-state index >= 15 is 0 Å². The molecule has 0 aliphatic carbocycles. The number of benzene rings is 2. The van der Waals surface area contributed by atoms with Crippen molar-refractivity contribution in [1.82, 2.24) is 0 Å². The number of carbonyl (C=O) groups is 2. The molecule has 0 radical (unpaired) electrons. The Balaban J connectivity index is 1.85. The third kappa shape index (κ3) is 5.76. The lowest BCUT2D eigenvalue weighted by atomic mass is 10.2. The molecule has 0 heterocycles. The summed E-state index contributed by atoms with van der Waals surface area (Å²) < 4.78 is 13.1. The maximum absolute atomic E-state index is 13.1. The van der Waals surface area contributed by atoms with Crippen LogP contribution in [-0.4, -0.2) is 18.4 Å². The first-order chi connectivity index (χ1) is 11.8. The fourth-order valence-corrected chi connectivity index (χ4v) is 2.10. The van der Waals surface area contributed by atoms with Crippen LogP contribution in [0.5, 0.6) is 0 Å². The number of amides is 2. The second-order valence-corrected chi connectivity index (χ2v) is 6.16. The van der Waals surface area contributed by atoms with Crippen molar-refractivity contribution in [2.45, 2.75) is 13.8 Å². The second-order valence-electron chi connectivity index (χ2n) is 5.75. The molecule has 0 atom stereocenters. The van der Waals surface area contributed by atoms with E-state index in [2.05, 4.69) is 16.0 Å². The Labute approximate surface area is 150 Å². The summed E-state index contributed by atoms with van der Waals surface area (Å²) in [6.07, 6.45) is 0. The van der Waals surface area contributed by atoms with Crippen molar-refractivity contribution in [3.63, 3.8) is 0 Å². The van der Waals surface area contributed by atoms with Crippen molar-refractivity contribution in [3.05, 3.63) is 53.3 Å². The molecule has 25 heavy (non-hydrogen) atoms. The van der Waals surface area contributed by atoms with E-state index < -0.39 is 5.82 Å². The Morgan fingerprint density at radius 2 is 1.56 bits per heavy atom. The van der Waals surface area contributed by atoms with Gasteiger partial charge in [0.05, 0.1) is 11.6 Å². The van der Waals surface area contributed by atoms with Crippen LogP contribution in [0, 0.1) is 11.7 Å².